The van der Waals surface area contributed by atoms with Crippen LogP contribution in [0.25, 0.3) is 11.3 Å². The molecule has 2 rings (SSSR count). The molecule has 4 nitrogen and oxygen atoms in total. The summed E-state index contributed by atoms with van der Waals surface area (Å²) in [6.45, 7) is 0. The van der Waals surface area contributed by atoms with Gasteiger partial charge in [-0.05, 0) is 12.1 Å². The van der Waals surface area contributed by atoms with E-state index in [1.807, 2.05) is 13.1 Å². The van der Waals surface area contributed by atoms with Crippen molar-refractivity contribution in [3.63, 3.8) is 0 Å². The second-order valence-electron chi connectivity index (χ2n) is 3.13. The maximum atomic E-state index is 9.31. The second-order valence-corrected chi connectivity index (χ2v) is 3.13. The summed E-state index contributed by atoms with van der Waals surface area (Å²) < 4.78 is 1.68. The molecule has 4 heteroatoms. The number of aromatic hydroxyl groups is 1. The quantitative estimate of drug-likeness (QED) is 0.712. The van der Waals surface area contributed by atoms with Gasteiger partial charge in [-0.2, -0.15) is 5.10 Å². The van der Waals surface area contributed by atoms with Gasteiger partial charge in [0.15, 0.2) is 0 Å². The molecular formula is C10H11N3O. The number of aryl methyl sites for hydroxylation is 1. The summed E-state index contributed by atoms with van der Waals surface area (Å²) in [6, 6.07) is 8.76. The minimum absolute atomic E-state index is 0.238. The molecular weight excluding hydrogens is 178 g/mol. The number of rotatable bonds is 1. The van der Waals surface area contributed by atoms with Gasteiger partial charge >= 0.3 is 0 Å². The van der Waals surface area contributed by atoms with Crippen LogP contribution in [0.3, 0.4) is 0 Å². The Labute approximate surface area is 81.6 Å². The van der Waals surface area contributed by atoms with E-state index in [9.17, 15) is 5.11 Å². The van der Waals surface area contributed by atoms with Crippen molar-refractivity contribution in [1.82, 2.24) is 9.78 Å². The third kappa shape index (κ3) is 1.42. The molecule has 0 amide bonds. The van der Waals surface area contributed by atoms with Crippen LogP contribution in [0.15, 0.2) is 30.3 Å². The number of aromatic nitrogens is 2. The van der Waals surface area contributed by atoms with Gasteiger partial charge in [0.1, 0.15) is 11.6 Å². The normalized spacial score (nSPS) is 10.4. The Balaban J connectivity index is 2.54. The summed E-state index contributed by atoms with van der Waals surface area (Å²) in [4.78, 5) is 0. The maximum Gasteiger partial charge on any atom is 0.146 e. The van der Waals surface area contributed by atoms with Gasteiger partial charge in [-0.25, -0.2) is 0 Å². The number of anilines is 1. The van der Waals surface area contributed by atoms with Crippen LogP contribution in [0.1, 0.15) is 0 Å². The van der Waals surface area contributed by atoms with Crippen LogP contribution in [-0.2, 0) is 7.05 Å². The summed E-state index contributed by atoms with van der Waals surface area (Å²) >= 11 is 0. The standard InChI is InChI=1S/C10H11N3O/c1-13-9(6-10(11)12-13)7-3-2-4-8(14)5-7/h2-6,14H,1H3,(H2,11,12). The van der Waals surface area contributed by atoms with E-state index >= 15 is 0 Å². The molecule has 0 radical (unpaired) electrons. The monoisotopic (exact) mass is 189 g/mol. The molecule has 0 bridgehead atoms. The fraction of sp³-hybridized carbons (Fsp3) is 0.100. The lowest BCUT2D eigenvalue weighted by Gasteiger charge is -2.01. The van der Waals surface area contributed by atoms with Crippen molar-refractivity contribution in [2.24, 2.45) is 7.05 Å². The van der Waals surface area contributed by atoms with Crippen LogP contribution in [0, 0.1) is 0 Å². The van der Waals surface area contributed by atoms with Gasteiger partial charge in [0.2, 0.25) is 0 Å². The highest BCUT2D eigenvalue weighted by Crippen LogP contribution is 2.23. The molecule has 0 fully saturated rings. The number of hydrogen-bond donors (Lipinski definition) is 2. The zero-order chi connectivity index (χ0) is 10.1. The van der Waals surface area contributed by atoms with Crippen molar-refractivity contribution < 1.29 is 5.11 Å². The highest BCUT2D eigenvalue weighted by molar-refractivity contribution is 5.64. The Morgan fingerprint density at radius 3 is 2.71 bits per heavy atom. The lowest BCUT2D eigenvalue weighted by molar-refractivity contribution is 0.475. The van der Waals surface area contributed by atoms with Gasteiger partial charge in [0.05, 0.1) is 5.69 Å². The summed E-state index contributed by atoms with van der Waals surface area (Å²) in [5.74, 6) is 0.716. The topological polar surface area (TPSA) is 64.1 Å². The molecule has 14 heavy (non-hydrogen) atoms. The summed E-state index contributed by atoms with van der Waals surface area (Å²) in [6.07, 6.45) is 0. The number of phenols is 1. The van der Waals surface area contributed by atoms with Crippen molar-refractivity contribution in [1.29, 1.82) is 0 Å². The largest absolute Gasteiger partial charge is 0.508 e. The molecule has 1 aromatic carbocycles. The Bertz CT molecular complexity index is 462. The fourth-order valence-corrected chi connectivity index (χ4v) is 1.42. The van der Waals surface area contributed by atoms with Crippen LogP contribution < -0.4 is 5.73 Å². The van der Waals surface area contributed by atoms with E-state index in [4.69, 9.17) is 5.73 Å². The highest BCUT2D eigenvalue weighted by Gasteiger charge is 2.05. The van der Waals surface area contributed by atoms with Crippen LogP contribution >= 0.6 is 0 Å². The van der Waals surface area contributed by atoms with Gasteiger partial charge in [-0.1, -0.05) is 12.1 Å². The number of nitrogens with zero attached hydrogens (tertiary/aromatic N) is 2. The zero-order valence-corrected chi connectivity index (χ0v) is 7.81. The van der Waals surface area contributed by atoms with E-state index in [0.29, 0.717) is 5.82 Å². The maximum absolute atomic E-state index is 9.31. The van der Waals surface area contributed by atoms with Crippen LogP contribution in [-0.4, -0.2) is 14.9 Å². The minimum Gasteiger partial charge on any atom is -0.508 e. The van der Waals surface area contributed by atoms with E-state index < -0.39 is 0 Å². The van der Waals surface area contributed by atoms with Crippen LogP contribution in [0.4, 0.5) is 5.82 Å². The molecule has 72 valence electrons. The average Bonchev–Trinajstić information content (AvgIpc) is 2.45. The Kier molecular flexibility index (Phi) is 1.89. The zero-order valence-electron chi connectivity index (χ0n) is 7.81. The molecule has 0 spiro atoms. The van der Waals surface area contributed by atoms with Gasteiger partial charge in [-0.3, -0.25) is 4.68 Å². The SMILES string of the molecule is Cn1nc(N)cc1-c1cccc(O)c1. The molecule has 0 aliphatic heterocycles. The van der Waals surface area contributed by atoms with Crippen molar-refractivity contribution in [2.45, 2.75) is 0 Å². The first kappa shape index (κ1) is 8.62. The number of nitrogen functional groups attached to an aromatic ring is 1. The van der Waals surface area contributed by atoms with Crippen molar-refractivity contribution in [2.75, 3.05) is 5.73 Å². The van der Waals surface area contributed by atoms with Crippen molar-refractivity contribution in [3.05, 3.63) is 30.3 Å². The Morgan fingerprint density at radius 2 is 2.14 bits per heavy atom. The summed E-state index contributed by atoms with van der Waals surface area (Å²) in [5, 5.41) is 13.3. The highest BCUT2D eigenvalue weighted by atomic mass is 16.3. The van der Waals surface area contributed by atoms with Gasteiger partial charge in [0.25, 0.3) is 0 Å². The molecule has 0 atom stereocenters. The van der Waals surface area contributed by atoms with E-state index in [2.05, 4.69) is 5.10 Å². The Hall–Kier alpha value is -1.97. The first-order chi connectivity index (χ1) is 6.66. The smallest absolute Gasteiger partial charge is 0.146 e. The third-order valence-corrected chi connectivity index (χ3v) is 2.04. The second kappa shape index (κ2) is 3.06. The molecule has 0 saturated heterocycles. The van der Waals surface area contributed by atoms with Crippen molar-refractivity contribution >= 4 is 5.82 Å². The number of nitrogens with two attached hydrogens (primary N) is 1. The first-order valence-electron chi connectivity index (χ1n) is 4.26. The lowest BCUT2D eigenvalue weighted by Crippen LogP contribution is -1.94. The Morgan fingerprint density at radius 1 is 1.36 bits per heavy atom. The van der Waals surface area contributed by atoms with Crippen LogP contribution in [0.5, 0.6) is 5.75 Å². The molecule has 0 aliphatic rings. The number of hydrogen-bond acceptors (Lipinski definition) is 3. The number of phenolic OH excluding ortho intramolecular Hbond substituents is 1. The molecule has 1 aromatic heterocycles. The van der Waals surface area contributed by atoms with E-state index in [-0.39, 0.29) is 5.75 Å². The molecule has 2 aromatic rings. The third-order valence-electron chi connectivity index (χ3n) is 2.04. The minimum atomic E-state index is 0.238. The molecule has 3 N–H and O–H groups in total. The first-order valence-corrected chi connectivity index (χ1v) is 4.26. The predicted octanol–water partition coefficient (Wildman–Crippen LogP) is 1.37. The molecule has 1 heterocycles. The molecule has 0 unspecified atom stereocenters. The van der Waals surface area contributed by atoms with Crippen molar-refractivity contribution in [3.8, 4) is 17.0 Å². The van der Waals surface area contributed by atoms with Crippen LogP contribution in [0.2, 0.25) is 0 Å². The predicted molar refractivity (Wildman–Crippen MR) is 54.7 cm³/mol. The van der Waals surface area contributed by atoms with E-state index in [0.717, 1.165) is 11.3 Å². The summed E-state index contributed by atoms with van der Waals surface area (Å²) in [5.41, 5.74) is 7.35. The van der Waals surface area contributed by atoms with Gasteiger partial charge in [-0.15, -0.1) is 0 Å². The van der Waals surface area contributed by atoms with Gasteiger partial charge in [0, 0.05) is 18.7 Å². The van der Waals surface area contributed by atoms with E-state index in [1.54, 1.807) is 28.9 Å². The lowest BCUT2D eigenvalue weighted by atomic mass is 10.1. The number of benzene rings is 1. The average molecular weight is 189 g/mol. The van der Waals surface area contributed by atoms with Gasteiger partial charge < -0.3 is 10.8 Å². The van der Waals surface area contributed by atoms with E-state index in [1.165, 1.54) is 0 Å². The summed E-state index contributed by atoms with van der Waals surface area (Å²) in [7, 11) is 1.82. The fourth-order valence-electron chi connectivity index (χ4n) is 1.42. The molecule has 0 saturated carbocycles. The molecule has 0 aliphatic carbocycles.